The first kappa shape index (κ1) is 21.0. The Bertz CT molecular complexity index is 1860. The van der Waals surface area contributed by atoms with Crippen molar-refractivity contribution in [3.8, 4) is 11.1 Å². The van der Waals surface area contributed by atoms with Crippen molar-refractivity contribution >= 4 is 43.8 Å². The molecule has 1 aliphatic carbocycles. The van der Waals surface area contributed by atoms with Gasteiger partial charge in [0.15, 0.2) is 0 Å². The number of benzene rings is 6. The molecule has 0 fully saturated rings. The molecule has 0 bridgehead atoms. The van der Waals surface area contributed by atoms with Crippen LogP contribution in [0.1, 0.15) is 22.3 Å². The van der Waals surface area contributed by atoms with Crippen LogP contribution in [0.25, 0.3) is 21.9 Å². The predicted octanol–water partition coefficient (Wildman–Crippen LogP) is 9.75. The molecule has 1 heterocycles. The SMILES string of the molecule is Brc1ccc2c(c1)C1(c3ccccc3-c3c1ccc1ccccc31)c1ccccc1N2c1ccccc1. The number of rotatable bonds is 1. The maximum absolute atomic E-state index is 3.84. The third-order valence-corrected chi connectivity index (χ3v) is 8.59. The number of halogens is 1. The smallest absolute Gasteiger partial charge is 0.0754 e. The minimum atomic E-state index is -0.420. The number of hydrogen-bond donors (Lipinski definition) is 0. The molecule has 8 rings (SSSR count). The molecule has 0 saturated heterocycles. The van der Waals surface area contributed by atoms with Crippen molar-refractivity contribution < 1.29 is 0 Å². The molecule has 1 atom stereocenters. The highest BCUT2D eigenvalue weighted by Crippen LogP contribution is 2.64. The Morgan fingerprint density at radius 3 is 2.11 bits per heavy atom. The number of fused-ring (bicyclic) bond motifs is 11. The van der Waals surface area contributed by atoms with Gasteiger partial charge >= 0.3 is 0 Å². The molecule has 0 amide bonds. The molecule has 1 aliphatic heterocycles. The van der Waals surface area contributed by atoms with Gasteiger partial charge in [0, 0.05) is 10.2 Å². The summed E-state index contributed by atoms with van der Waals surface area (Å²) in [4.78, 5) is 2.42. The third kappa shape index (κ3) is 2.68. The minimum absolute atomic E-state index is 0.420. The zero-order chi connectivity index (χ0) is 24.6. The van der Waals surface area contributed by atoms with E-state index in [1.165, 1.54) is 61.2 Å². The summed E-state index contributed by atoms with van der Waals surface area (Å²) >= 11 is 3.84. The van der Waals surface area contributed by atoms with Crippen LogP contribution in [0.4, 0.5) is 17.1 Å². The topological polar surface area (TPSA) is 3.24 Å². The van der Waals surface area contributed by atoms with Gasteiger partial charge < -0.3 is 4.90 Å². The van der Waals surface area contributed by atoms with Gasteiger partial charge in [0.25, 0.3) is 0 Å². The van der Waals surface area contributed by atoms with Crippen molar-refractivity contribution in [1.82, 2.24) is 0 Å². The van der Waals surface area contributed by atoms with Crippen molar-refractivity contribution in [1.29, 1.82) is 0 Å². The van der Waals surface area contributed by atoms with E-state index in [1.54, 1.807) is 0 Å². The third-order valence-electron chi connectivity index (χ3n) is 8.10. The number of hydrogen-bond acceptors (Lipinski definition) is 1. The van der Waals surface area contributed by atoms with Crippen LogP contribution in [0.5, 0.6) is 0 Å². The maximum atomic E-state index is 3.84. The Morgan fingerprint density at radius 1 is 0.514 bits per heavy atom. The lowest BCUT2D eigenvalue weighted by molar-refractivity contribution is 0.752. The van der Waals surface area contributed by atoms with Gasteiger partial charge in [-0.25, -0.2) is 0 Å². The summed E-state index contributed by atoms with van der Waals surface area (Å²) in [5, 5.41) is 2.58. The fourth-order valence-corrected chi connectivity index (χ4v) is 7.11. The van der Waals surface area contributed by atoms with Crippen molar-refractivity contribution in [2.45, 2.75) is 5.41 Å². The molecule has 174 valence electrons. The Hall–Kier alpha value is -4.14. The predicted molar refractivity (Wildman–Crippen MR) is 157 cm³/mol. The van der Waals surface area contributed by atoms with E-state index in [0.29, 0.717) is 0 Å². The van der Waals surface area contributed by atoms with E-state index in [2.05, 4.69) is 154 Å². The average Bonchev–Trinajstić information content (AvgIpc) is 3.26. The molecule has 0 saturated carbocycles. The first-order valence-electron chi connectivity index (χ1n) is 12.7. The molecular weight excluding hydrogens is 514 g/mol. The standard InChI is InChI=1S/C35H22BrN/c36-24-19-21-33-31(22-24)35(29-16-8-9-17-32(29)37(33)25-11-2-1-3-12-25)28-15-7-6-14-27(28)34-26-13-5-4-10-23(26)18-20-30(34)35/h1-22H. The van der Waals surface area contributed by atoms with E-state index < -0.39 is 5.41 Å². The van der Waals surface area contributed by atoms with Crippen molar-refractivity contribution in [3.05, 3.63) is 160 Å². The lowest BCUT2D eigenvalue weighted by Crippen LogP contribution is -2.36. The summed E-state index contributed by atoms with van der Waals surface area (Å²) in [6.07, 6.45) is 0. The van der Waals surface area contributed by atoms with Crippen molar-refractivity contribution in [3.63, 3.8) is 0 Å². The van der Waals surface area contributed by atoms with Crippen LogP contribution in [-0.4, -0.2) is 0 Å². The fourth-order valence-electron chi connectivity index (χ4n) is 6.75. The second kappa shape index (κ2) is 7.68. The first-order valence-corrected chi connectivity index (χ1v) is 13.4. The Labute approximate surface area is 224 Å². The Morgan fingerprint density at radius 2 is 1.22 bits per heavy atom. The first-order chi connectivity index (χ1) is 18.3. The van der Waals surface area contributed by atoms with Crippen LogP contribution in [0.3, 0.4) is 0 Å². The van der Waals surface area contributed by atoms with Gasteiger partial charge in [-0.05, 0) is 80.6 Å². The monoisotopic (exact) mass is 535 g/mol. The quantitative estimate of drug-likeness (QED) is 0.202. The molecule has 0 radical (unpaired) electrons. The fraction of sp³-hybridized carbons (Fsp3) is 0.0286. The molecule has 0 N–H and O–H groups in total. The van der Waals surface area contributed by atoms with Gasteiger partial charge in [-0.15, -0.1) is 0 Å². The largest absolute Gasteiger partial charge is 0.310 e. The molecule has 0 aromatic heterocycles. The molecule has 6 aromatic carbocycles. The summed E-state index contributed by atoms with van der Waals surface area (Å²) in [5.74, 6) is 0. The van der Waals surface area contributed by atoms with Crippen LogP contribution in [-0.2, 0) is 5.41 Å². The normalized spacial score (nSPS) is 16.8. The van der Waals surface area contributed by atoms with Crippen LogP contribution in [0.15, 0.2) is 138 Å². The van der Waals surface area contributed by atoms with Gasteiger partial charge in [0.1, 0.15) is 0 Å². The summed E-state index contributed by atoms with van der Waals surface area (Å²) in [7, 11) is 0. The summed E-state index contributed by atoms with van der Waals surface area (Å²) in [6.45, 7) is 0. The zero-order valence-corrected chi connectivity index (χ0v) is 21.6. The van der Waals surface area contributed by atoms with Gasteiger partial charge in [-0.3, -0.25) is 0 Å². The summed E-state index contributed by atoms with van der Waals surface area (Å²) in [5.41, 5.74) is 11.2. The molecular formula is C35H22BrN. The average molecular weight is 536 g/mol. The second-order valence-corrected chi connectivity index (χ2v) is 10.8. The van der Waals surface area contributed by atoms with E-state index in [0.717, 1.165) is 4.47 Å². The van der Waals surface area contributed by atoms with E-state index >= 15 is 0 Å². The molecule has 2 aliphatic rings. The van der Waals surface area contributed by atoms with E-state index in [9.17, 15) is 0 Å². The van der Waals surface area contributed by atoms with Gasteiger partial charge in [0.2, 0.25) is 0 Å². The molecule has 1 nitrogen and oxygen atoms in total. The lowest BCUT2D eigenvalue weighted by atomic mass is 9.64. The van der Waals surface area contributed by atoms with Crippen molar-refractivity contribution in [2.75, 3.05) is 4.90 Å². The van der Waals surface area contributed by atoms with Gasteiger partial charge in [-0.1, -0.05) is 113 Å². The highest BCUT2D eigenvalue weighted by Gasteiger charge is 2.52. The lowest BCUT2D eigenvalue weighted by Gasteiger charge is -2.45. The summed E-state index contributed by atoms with van der Waals surface area (Å²) < 4.78 is 1.09. The summed E-state index contributed by atoms with van der Waals surface area (Å²) in [6, 6.07) is 48.9. The maximum Gasteiger partial charge on any atom is 0.0754 e. The number of nitrogens with zero attached hydrogens (tertiary/aromatic N) is 1. The van der Waals surface area contributed by atoms with Crippen LogP contribution in [0.2, 0.25) is 0 Å². The number of anilines is 3. The highest BCUT2D eigenvalue weighted by atomic mass is 79.9. The molecule has 37 heavy (non-hydrogen) atoms. The van der Waals surface area contributed by atoms with Gasteiger partial charge in [-0.2, -0.15) is 0 Å². The van der Waals surface area contributed by atoms with E-state index in [-0.39, 0.29) is 0 Å². The molecule has 1 spiro atoms. The van der Waals surface area contributed by atoms with Crippen LogP contribution >= 0.6 is 15.9 Å². The number of para-hydroxylation sites is 2. The Kier molecular flexibility index (Phi) is 4.36. The molecule has 2 heteroatoms. The van der Waals surface area contributed by atoms with Crippen LogP contribution < -0.4 is 4.90 Å². The van der Waals surface area contributed by atoms with Crippen LogP contribution in [0, 0.1) is 0 Å². The van der Waals surface area contributed by atoms with Crippen molar-refractivity contribution in [2.24, 2.45) is 0 Å². The van der Waals surface area contributed by atoms with E-state index in [4.69, 9.17) is 0 Å². The second-order valence-electron chi connectivity index (χ2n) is 9.85. The minimum Gasteiger partial charge on any atom is -0.310 e. The Balaban J connectivity index is 1.59. The molecule has 1 unspecified atom stereocenters. The highest BCUT2D eigenvalue weighted by molar-refractivity contribution is 9.10. The van der Waals surface area contributed by atoms with Gasteiger partial charge in [0.05, 0.1) is 16.8 Å². The van der Waals surface area contributed by atoms with E-state index in [1.807, 2.05) is 0 Å². The zero-order valence-electron chi connectivity index (χ0n) is 20.0. The molecule has 6 aromatic rings.